The Morgan fingerprint density at radius 2 is 1.75 bits per heavy atom. The summed E-state index contributed by atoms with van der Waals surface area (Å²) in [5, 5.41) is 1.27. The highest BCUT2D eigenvalue weighted by Gasteiger charge is 2.32. The Hall–Kier alpha value is -2.35. The Labute approximate surface area is 193 Å². The molecule has 0 N–H and O–H groups in total. The molecular weight excluding hydrogens is 424 g/mol. The fraction of sp³-hybridized carbons (Fsp3) is 0.583. The lowest BCUT2D eigenvalue weighted by Crippen LogP contribution is -2.50. The van der Waals surface area contributed by atoms with Crippen LogP contribution in [0.15, 0.2) is 34.2 Å². The molecule has 2 fully saturated rings. The van der Waals surface area contributed by atoms with E-state index in [0.717, 1.165) is 12.8 Å². The van der Waals surface area contributed by atoms with E-state index in [1.807, 2.05) is 28.8 Å². The average Bonchev–Trinajstić information content (AvgIpc) is 2.80. The summed E-state index contributed by atoms with van der Waals surface area (Å²) in [5.74, 6) is 1.23. The van der Waals surface area contributed by atoms with E-state index < -0.39 is 0 Å². The zero-order chi connectivity index (χ0) is 22.8. The van der Waals surface area contributed by atoms with Crippen LogP contribution in [-0.2, 0) is 9.59 Å². The molecule has 2 aromatic rings. The summed E-state index contributed by atoms with van der Waals surface area (Å²) in [7, 11) is 0. The van der Waals surface area contributed by atoms with Gasteiger partial charge >= 0.3 is 0 Å². The number of hydrogen-bond acceptors (Lipinski definition) is 5. The van der Waals surface area contributed by atoms with E-state index in [1.165, 1.54) is 18.2 Å². The molecule has 1 saturated carbocycles. The molecule has 1 aliphatic carbocycles. The molecule has 0 unspecified atom stereocenters. The van der Waals surface area contributed by atoms with Crippen LogP contribution in [0, 0.1) is 11.8 Å². The van der Waals surface area contributed by atoms with Gasteiger partial charge in [0.05, 0.1) is 16.7 Å². The summed E-state index contributed by atoms with van der Waals surface area (Å²) in [6.07, 6.45) is 3.24. The third kappa shape index (κ3) is 4.56. The lowest BCUT2D eigenvalue weighted by Gasteiger charge is -2.36. The van der Waals surface area contributed by atoms with Gasteiger partial charge in [-0.1, -0.05) is 50.6 Å². The van der Waals surface area contributed by atoms with E-state index >= 15 is 0 Å². The van der Waals surface area contributed by atoms with E-state index in [2.05, 4.69) is 13.8 Å². The van der Waals surface area contributed by atoms with Crippen molar-refractivity contribution in [3.05, 3.63) is 34.6 Å². The number of nitrogens with zero attached hydrogens (tertiary/aromatic N) is 4. The smallest absolute Gasteiger partial charge is 0.262 e. The van der Waals surface area contributed by atoms with Crippen LogP contribution in [0.3, 0.4) is 0 Å². The summed E-state index contributed by atoms with van der Waals surface area (Å²) in [4.78, 5) is 46.4. The highest BCUT2D eigenvalue weighted by molar-refractivity contribution is 7.99. The Balaban J connectivity index is 1.58. The maximum atomic E-state index is 13.5. The van der Waals surface area contributed by atoms with E-state index in [-0.39, 0.29) is 29.2 Å². The number of rotatable bonds is 4. The van der Waals surface area contributed by atoms with Gasteiger partial charge in [0.25, 0.3) is 5.56 Å². The van der Waals surface area contributed by atoms with Gasteiger partial charge in [-0.25, -0.2) is 4.98 Å². The maximum absolute atomic E-state index is 13.5. The molecule has 4 rings (SSSR count). The lowest BCUT2D eigenvalue weighted by atomic mass is 9.78. The standard InChI is InChI=1S/C24H32N4O3S/c1-16-7-6-10-21(17(16)2)28-23(31)19-8-4-5-9-20(19)25-24(28)32-15-22(30)27-13-11-26(12-14-27)18(3)29/h4-5,8-9,16-17,21H,6-7,10-15H2,1-3H3/t16-,17+,21-/m1/s1. The Morgan fingerprint density at radius 3 is 2.47 bits per heavy atom. The van der Waals surface area contributed by atoms with Gasteiger partial charge in [0.1, 0.15) is 0 Å². The topological polar surface area (TPSA) is 75.5 Å². The van der Waals surface area contributed by atoms with Gasteiger partial charge in [0.2, 0.25) is 11.8 Å². The predicted octanol–water partition coefficient (Wildman–Crippen LogP) is 3.18. The molecule has 1 aromatic heterocycles. The average molecular weight is 457 g/mol. The highest BCUT2D eigenvalue weighted by atomic mass is 32.2. The van der Waals surface area contributed by atoms with Crippen LogP contribution in [0.25, 0.3) is 10.9 Å². The summed E-state index contributed by atoms with van der Waals surface area (Å²) in [5.41, 5.74) is 0.668. The minimum Gasteiger partial charge on any atom is -0.339 e. The third-order valence-corrected chi connectivity index (χ3v) is 8.11. The molecule has 7 nitrogen and oxygen atoms in total. The number of amides is 2. The van der Waals surface area contributed by atoms with Crippen LogP contribution in [0.2, 0.25) is 0 Å². The Bertz CT molecular complexity index is 1060. The van der Waals surface area contributed by atoms with Gasteiger partial charge < -0.3 is 9.80 Å². The molecular formula is C24H32N4O3S. The molecule has 1 saturated heterocycles. The van der Waals surface area contributed by atoms with Crippen LogP contribution in [-0.4, -0.2) is 63.1 Å². The van der Waals surface area contributed by atoms with Crippen molar-refractivity contribution in [2.45, 2.75) is 51.2 Å². The molecule has 0 spiro atoms. The fourth-order valence-electron chi connectivity index (χ4n) is 4.93. The molecule has 0 bridgehead atoms. The first-order chi connectivity index (χ1) is 15.4. The van der Waals surface area contributed by atoms with Crippen LogP contribution < -0.4 is 5.56 Å². The second-order valence-corrected chi connectivity index (χ2v) is 10.0. The number of benzene rings is 1. The first-order valence-corrected chi connectivity index (χ1v) is 12.5. The molecule has 32 heavy (non-hydrogen) atoms. The van der Waals surface area contributed by atoms with E-state index in [0.29, 0.717) is 54.1 Å². The highest BCUT2D eigenvalue weighted by Crippen LogP contribution is 2.38. The summed E-state index contributed by atoms with van der Waals surface area (Å²) >= 11 is 1.36. The maximum Gasteiger partial charge on any atom is 0.262 e. The van der Waals surface area contributed by atoms with Crippen LogP contribution >= 0.6 is 11.8 Å². The van der Waals surface area contributed by atoms with Crippen LogP contribution in [0.1, 0.15) is 46.1 Å². The van der Waals surface area contributed by atoms with Crippen molar-refractivity contribution in [3.8, 4) is 0 Å². The summed E-state index contributed by atoms with van der Waals surface area (Å²) in [6.45, 7) is 8.29. The normalized spacial score (nSPS) is 24.0. The molecule has 172 valence electrons. The van der Waals surface area contributed by atoms with Crippen molar-refractivity contribution in [1.29, 1.82) is 0 Å². The van der Waals surface area contributed by atoms with Gasteiger partial charge in [-0.05, 0) is 30.4 Å². The number of hydrogen-bond donors (Lipinski definition) is 0. The molecule has 0 radical (unpaired) electrons. The number of aromatic nitrogens is 2. The molecule has 2 amide bonds. The van der Waals surface area contributed by atoms with Crippen molar-refractivity contribution in [2.75, 3.05) is 31.9 Å². The number of thioether (sulfide) groups is 1. The van der Waals surface area contributed by atoms with Crippen molar-refractivity contribution in [1.82, 2.24) is 19.4 Å². The molecule has 2 heterocycles. The number of carbonyl (C=O) groups is 2. The molecule has 1 aromatic carbocycles. The summed E-state index contributed by atoms with van der Waals surface area (Å²) < 4.78 is 1.87. The van der Waals surface area contributed by atoms with Gasteiger partial charge in [-0.15, -0.1) is 0 Å². The monoisotopic (exact) mass is 456 g/mol. The second kappa shape index (κ2) is 9.65. The first-order valence-electron chi connectivity index (χ1n) is 11.5. The Kier molecular flexibility index (Phi) is 6.88. The number of fused-ring (bicyclic) bond motifs is 1. The zero-order valence-corrected chi connectivity index (χ0v) is 19.9. The van der Waals surface area contributed by atoms with E-state index in [4.69, 9.17) is 4.98 Å². The van der Waals surface area contributed by atoms with Gasteiger partial charge in [0, 0.05) is 39.1 Å². The van der Waals surface area contributed by atoms with E-state index in [1.54, 1.807) is 16.7 Å². The molecule has 3 atom stereocenters. The molecule has 2 aliphatic rings. The fourth-order valence-corrected chi connectivity index (χ4v) is 5.88. The number of para-hydroxylation sites is 1. The van der Waals surface area contributed by atoms with Gasteiger partial charge in [-0.3, -0.25) is 19.0 Å². The van der Waals surface area contributed by atoms with Crippen molar-refractivity contribution < 1.29 is 9.59 Å². The molecule has 1 aliphatic heterocycles. The van der Waals surface area contributed by atoms with Gasteiger partial charge in [-0.2, -0.15) is 0 Å². The molecule has 8 heteroatoms. The summed E-state index contributed by atoms with van der Waals surface area (Å²) in [6, 6.07) is 7.56. The van der Waals surface area contributed by atoms with Crippen molar-refractivity contribution in [3.63, 3.8) is 0 Å². The quantitative estimate of drug-likeness (QED) is 0.522. The van der Waals surface area contributed by atoms with E-state index in [9.17, 15) is 14.4 Å². The number of carbonyl (C=O) groups excluding carboxylic acids is 2. The zero-order valence-electron chi connectivity index (χ0n) is 19.1. The minimum atomic E-state index is -0.00780. The van der Waals surface area contributed by atoms with Crippen molar-refractivity contribution >= 4 is 34.5 Å². The first kappa shape index (κ1) is 22.8. The third-order valence-electron chi connectivity index (χ3n) is 7.17. The number of piperazine rings is 1. The predicted molar refractivity (Wildman–Crippen MR) is 127 cm³/mol. The largest absolute Gasteiger partial charge is 0.339 e. The second-order valence-electron chi connectivity index (χ2n) is 9.10. The lowest BCUT2D eigenvalue weighted by molar-refractivity contribution is -0.136. The Morgan fingerprint density at radius 1 is 1.06 bits per heavy atom. The van der Waals surface area contributed by atoms with Crippen molar-refractivity contribution in [2.24, 2.45) is 11.8 Å². The SMILES string of the molecule is CC(=O)N1CCN(C(=O)CSc2nc3ccccc3c(=O)n2[C@@H]2CCC[C@@H](C)[C@@H]2C)CC1. The van der Waals surface area contributed by atoms with Gasteiger partial charge in [0.15, 0.2) is 5.16 Å². The van der Waals surface area contributed by atoms with Crippen LogP contribution in [0.5, 0.6) is 0 Å². The minimum absolute atomic E-state index is 0.00780. The van der Waals surface area contributed by atoms with Crippen LogP contribution in [0.4, 0.5) is 0 Å².